The predicted octanol–water partition coefficient (Wildman–Crippen LogP) is 4.91. The lowest BCUT2D eigenvalue weighted by atomic mass is 9.99. The van der Waals surface area contributed by atoms with Gasteiger partial charge in [0.2, 0.25) is 0 Å². The fraction of sp³-hybridized carbons (Fsp3) is 0.143. The fourth-order valence-electron chi connectivity index (χ4n) is 2.83. The van der Waals surface area contributed by atoms with E-state index < -0.39 is 5.82 Å². The van der Waals surface area contributed by atoms with Gasteiger partial charge in [-0.1, -0.05) is 12.1 Å². The summed E-state index contributed by atoms with van der Waals surface area (Å²) in [6.07, 6.45) is 2.28. The van der Waals surface area contributed by atoms with Crippen LogP contribution in [0.25, 0.3) is 6.08 Å². The van der Waals surface area contributed by atoms with Gasteiger partial charge in [0.15, 0.2) is 5.78 Å². The van der Waals surface area contributed by atoms with E-state index in [9.17, 15) is 9.18 Å². The number of aromatic nitrogens is 1. The van der Waals surface area contributed by atoms with Crippen LogP contribution in [0.1, 0.15) is 28.0 Å². The van der Waals surface area contributed by atoms with Gasteiger partial charge in [0.1, 0.15) is 23.9 Å². The number of rotatable bonds is 4. The normalized spacial score (nSPS) is 15.1. The number of carbonyl (C=O) groups is 1. The van der Waals surface area contributed by atoms with Crippen molar-refractivity contribution in [2.75, 3.05) is 6.61 Å². The van der Waals surface area contributed by atoms with E-state index in [0.29, 0.717) is 31.0 Å². The first-order valence-electron chi connectivity index (χ1n) is 8.46. The number of ether oxygens (including phenoxy) is 2. The van der Waals surface area contributed by atoms with E-state index in [-0.39, 0.29) is 11.3 Å². The number of hydrogen-bond acceptors (Lipinski definition) is 5. The smallest absolute Gasteiger partial charge is 0.192 e. The van der Waals surface area contributed by atoms with Crippen LogP contribution in [-0.4, -0.2) is 17.4 Å². The molecule has 4 rings (SSSR count). The van der Waals surface area contributed by atoms with Crippen LogP contribution in [0.3, 0.4) is 0 Å². The number of fused-ring (bicyclic) bond motifs is 1. The van der Waals surface area contributed by atoms with Crippen LogP contribution in [0.5, 0.6) is 11.5 Å². The summed E-state index contributed by atoms with van der Waals surface area (Å²) in [5, 5.41) is 1.94. The van der Waals surface area contributed by atoms with Crippen molar-refractivity contribution in [2.45, 2.75) is 13.0 Å². The molecule has 0 spiro atoms. The molecule has 3 aromatic rings. The van der Waals surface area contributed by atoms with Crippen LogP contribution in [0, 0.1) is 5.82 Å². The zero-order valence-corrected chi connectivity index (χ0v) is 15.2. The van der Waals surface area contributed by atoms with Crippen molar-refractivity contribution in [3.8, 4) is 11.5 Å². The third-order valence-corrected chi connectivity index (χ3v) is 4.83. The van der Waals surface area contributed by atoms with Gasteiger partial charge in [0, 0.05) is 17.4 Å². The van der Waals surface area contributed by atoms with Crippen molar-refractivity contribution in [3.05, 3.63) is 81.6 Å². The van der Waals surface area contributed by atoms with E-state index in [1.54, 1.807) is 5.51 Å². The van der Waals surface area contributed by atoms with Crippen LogP contribution < -0.4 is 9.47 Å². The maximum Gasteiger partial charge on any atom is 0.192 e. The second-order valence-corrected chi connectivity index (χ2v) is 6.79. The van der Waals surface area contributed by atoms with E-state index >= 15 is 0 Å². The van der Waals surface area contributed by atoms with Gasteiger partial charge in [-0.05, 0) is 42.0 Å². The first-order valence-corrected chi connectivity index (χ1v) is 9.41. The lowest BCUT2D eigenvalue weighted by molar-refractivity contribution is 0.103. The molecule has 1 aliphatic heterocycles. The molecule has 0 aliphatic carbocycles. The molecule has 0 radical (unpaired) electrons. The van der Waals surface area contributed by atoms with Gasteiger partial charge in [0.05, 0.1) is 23.4 Å². The second kappa shape index (κ2) is 7.72. The summed E-state index contributed by atoms with van der Waals surface area (Å²) in [5.41, 5.74) is 4.39. The molecule has 0 bridgehead atoms. The molecule has 2 heterocycles. The van der Waals surface area contributed by atoms with Crippen LogP contribution in [0.2, 0.25) is 0 Å². The highest BCUT2D eigenvalue weighted by molar-refractivity contribution is 7.07. The largest absolute Gasteiger partial charge is 0.492 e. The highest BCUT2D eigenvalue weighted by Crippen LogP contribution is 2.28. The summed E-state index contributed by atoms with van der Waals surface area (Å²) < 4.78 is 24.8. The minimum Gasteiger partial charge on any atom is -0.492 e. The molecular weight excluding hydrogens is 365 g/mol. The maximum atomic E-state index is 13.5. The quantitative estimate of drug-likeness (QED) is 0.603. The molecule has 136 valence electrons. The van der Waals surface area contributed by atoms with E-state index in [0.717, 1.165) is 17.0 Å². The van der Waals surface area contributed by atoms with Crippen LogP contribution in [-0.2, 0) is 6.61 Å². The van der Waals surface area contributed by atoms with E-state index in [1.807, 2.05) is 35.7 Å². The minimum absolute atomic E-state index is 0.203. The molecule has 0 saturated carbocycles. The summed E-state index contributed by atoms with van der Waals surface area (Å²) in [4.78, 5) is 16.9. The van der Waals surface area contributed by atoms with Gasteiger partial charge >= 0.3 is 0 Å². The standard InChI is InChI=1S/C21H16FNO3S/c22-16-3-6-20-19(10-16)21(24)15(7-8-25-20)9-14-1-4-18(5-2-14)26-11-17-12-27-13-23-17/h1-6,9-10,12-13H,7-8,11H2. The second-order valence-electron chi connectivity index (χ2n) is 6.08. The monoisotopic (exact) mass is 381 g/mol. The number of halogens is 1. The van der Waals surface area contributed by atoms with Gasteiger partial charge in [0.25, 0.3) is 0 Å². The first kappa shape index (κ1) is 17.4. The Balaban J connectivity index is 1.51. The van der Waals surface area contributed by atoms with Crippen LogP contribution in [0.15, 0.2) is 58.9 Å². The molecule has 27 heavy (non-hydrogen) atoms. The Labute approximate surface area is 159 Å². The lowest BCUT2D eigenvalue weighted by Crippen LogP contribution is -2.02. The van der Waals surface area contributed by atoms with Gasteiger partial charge in [-0.3, -0.25) is 4.79 Å². The minimum atomic E-state index is -0.450. The number of nitrogens with zero attached hydrogens (tertiary/aromatic N) is 1. The highest BCUT2D eigenvalue weighted by atomic mass is 32.1. The lowest BCUT2D eigenvalue weighted by Gasteiger charge is -2.06. The van der Waals surface area contributed by atoms with Crippen molar-refractivity contribution in [2.24, 2.45) is 0 Å². The Hall–Kier alpha value is -2.99. The van der Waals surface area contributed by atoms with Crippen molar-refractivity contribution in [1.29, 1.82) is 0 Å². The van der Waals surface area contributed by atoms with Crippen molar-refractivity contribution in [1.82, 2.24) is 4.98 Å². The molecule has 2 aromatic carbocycles. The Kier molecular flexibility index (Phi) is 4.98. The van der Waals surface area contributed by atoms with E-state index in [2.05, 4.69) is 4.98 Å². The third kappa shape index (κ3) is 4.06. The Bertz CT molecular complexity index is 981. The first-order chi connectivity index (χ1) is 13.2. The van der Waals surface area contributed by atoms with Gasteiger partial charge in [-0.15, -0.1) is 11.3 Å². The number of Topliss-reactive ketones (excluding diaryl/α,β-unsaturated/α-hetero) is 1. The number of benzene rings is 2. The third-order valence-electron chi connectivity index (χ3n) is 4.20. The topological polar surface area (TPSA) is 48.4 Å². The van der Waals surface area contributed by atoms with Gasteiger partial charge < -0.3 is 9.47 Å². The van der Waals surface area contributed by atoms with Crippen molar-refractivity contribution < 1.29 is 18.7 Å². The summed E-state index contributed by atoms with van der Waals surface area (Å²) in [5.74, 6) is 0.503. The SMILES string of the molecule is O=C1C(=Cc2ccc(OCc3cscn3)cc2)CCOc2ccc(F)cc21. The van der Waals surface area contributed by atoms with Crippen molar-refractivity contribution in [3.63, 3.8) is 0 Å². The molecule has 0 atom stereocenters. The summed E-state index contributed by atoms with van der Waals surface area (Å²) in [7, 11) is 0. The van der Waals surface area contributed by atoms with E-state index in [4.69, 9.17) is 9.47 Å². The summed E-state index contributed by atoms with van der Waals surface area (Å²) in [6.45, 7) is 0.799. The van der Waals surface area contributed by atoms with E-state index in [1.165, 1.54) is 29.5 Å². The molecular formula is C21H16FNO3S. The number of thiazole rings is 1. The molecule has 0 unspecified atom stereocenters. The molecule has 0 saturated heterocycles. The average molecular weight is 381 g/mol. The number of hydrogen-bond donors (Lipinski definition) is 0. The van der Waals surface area contributed by atoms with Crippen molar-refractivity contribution >= 4 is 23.2 Å². The van der Waals surface area contributed by atoms with Crippen LogP contribution in [0.4, 0.5) is 4.39 Å². The molecule has 4 nitrogen and oxygen atoms in total. The zero-order chi connectivity index (χ0) is 18.6. The number of carbonyl (C=O) groups excluding carboxylic acids is 1. The maximum absolute atomic E-state index is 13.5. The molecule has 1 aromatic heterocycles. The van der Waals surface area contributed by atoms with Gasteiger partial charge in [-0.2, -0.15) is 0 Å². The molecule has 0 fully saturated rings. The predicted molar refractivity (Wildman–Crippen MR) is 102 cm³/mol. The Morgan fingerprint density at radius 2 is 2.07 bits per heavy atom. The summed E-state index contributed by atoms with van der Waals surface area (Å²) >= 11 is 1.53. The summed E-state index contributed by atoms with van der Waals surface area (Å²) in [6, 6.07) is 11.5. The highest BCUT2D eigenvalue weighted by Gasteiger charge is 2.21. The molecule has 0 amide bonds. The Morgan fingerprint density at radius 1 is 1.22 bits per heavy atom. The molecule has 1 aliphatic rings. The Morgan fingerprint density at radius 3 is 2.85 bits per heavy atom. The molecule has 0 N–H and O–H groups in total. The average Bonchev–Trinajstić information content (AvgIpc) is 3.16. The molecule has 6 heteroatoms. The zero-order valence-electron chi connectivity index (χ0n) is 14.4. The fourth-order valence-corrected chi connectivity index (χ4v) is 3.37. The van der Waals surface area contributed by atoms with Gasteiger partial charge in [-0.25, -0.2) is 9.37 Å². The number of ketones is 1. The van der Waals surface area contributed by atoms with Crippen LogP contribution >= 0.6 is 11.3 Å².